The van der Waals surface area contributed by atoms with Gasteiger partial charge in [-0.3, -0.25) is 0 Å². The van der Waals surface area contributed by atoms with Crippen LogP contribution in [0.1, 0.15) is 22.7 Å². The Labute approximate surface area is 131 Å². The van der Waals surface area contributed by atoms with Crippen molar-refractivity contribution in [3.05, 3.63) is 62.6 Å². The topological polar surface area (TPSA) is 35.2 Å². The first kappa shape index (κ1) is 16.0. The van der Waals surface area contributed by atoms with Crippen molar-refractivity contribution in [2.45, 2.75) is 13.0 Å². The van der Waals surface area contributed by atoms with Gasteiger partial charge in [-0.1, -0.05) is 23.2 Å². The molecular weight excluding hydrogens is 319 g/mol. The van der Waals surface area contributed by atoms with Gasteiger partial charge in [0.15, 0.2) is 0 Å². The highest BCUT2D eigenvalue weighted by molar-refractivity contribution is 6.34. The number of hydrogen-bond acceptors (Lipinski definition) is 2. The van der Waals surface area contributed by atoms with Crippen molar-refractivity contribution in [2.24, 2.45) is 5.73 Å². The Morgan fingerprint density at radius 3 is 2.29 bits per heavy atom. The molecule has 2 aromatic carbocycles. The van der Waals surface area contributed by atoms with E-state index in [2.05, 4.69) is 0 Å². The first-order chi connectivity index (χ1) is 9.85. The first-order valence-corrected chi connectivity index (χ1v) is 6.84. The van der Waals surface area contributed by atoms with Crippen molar-refractivity contribution in [1.29, 1.82) is 0 Å². The molecule has 1 unspecified atom stereocenters. The summed E-state index contributed by atoms with van der Waals surface area (Å²) in [4.78, 5) is 0. The second kappa shape index (κ2) is 6.18. The Morgan fingerprint density at radius 2 is 1.67 bits per heavy atom. The third kappa shape index (κ3) is 3.12. The largest absolute Gasteiger partial charge is 0.495 e. The lowest BCUT2D eigenvalue weighted by atomic mass is 9.97. The maximum atomic E-state index is 13.9. The fraction of sp³-hybridized carbons (Fsp3) is 0.200. The van der Waals surface area contributed by atoms with E-state index in [0.29, 0.717) is 26.9 Å². The van der Waals surface area contributed by atoms with Gasteiger partial charge in [0.1, 0.15) is 17.4 Å². The molecule has 21 heavy (non-hydrogen) atoms. The maximum absolute atomic E-state index is 13.9. The molecule has 1 atom stereocenters. The number of rotatable bonds is 3. The highest BCUT2D eigenvalue weighted by atomic mass is 35.5. The van der Waals surface area contributed by atoms with Gasteiger partial charge in [-0.05, 0) is 30.2 Å². The minimum Gasteiger partial charge on any atom is -0.495 e. The Balaban J connectivity index is 2.52. The van der Waals surface area contributed by atoms with Crippen LogP contribution in [0.25, 0.3) is 0 Å². The fourth-order valence-electron chi connectivity index (χ4n) is 2.02. The van der Waals surface area contributed by atoms with Crippen LogP contribution >= 0.6 is 23.2 Å². The van der Waals surface area contributed by atoms with Crippen LogP contribution in [0, 0.1) is 18.6 Å². The molecular formula is C15H13Cl2F2NO. The normalized spacial score (nSPS) is 12.3. The summed E-state index contributed by atoms with van der Waals surface area (Å²) in [5.74, 6) is -0.954. The fourth-order valence-corrected chi connectivity index (χ4v) is 2.54. The Kier molecular flexibility index (Phi) is 4.71. The molecule has 0 amide bonds. The van der Waals surface area contributed by atoms with Gasteiger partial charge in [0.25, 0.3) is 0 Å². The Hall–Kier alpha value is -1.36. The maximum Gasteiger partial charge on any atom is 0.138 e. The monoisotopic (exact) mass is 331 g/mol. The summed E-state index contributed by atoms with van der Waals surface area (Å²) >= 11 is 12.2. The number of benzene rings is 2. The average Bonchev–Trinajstić information content (AvgIpc) is 2.44. The molecule has 0 heterocycles. The van der Waals surface area contributed by atoms with Gasteiger partial charge in [-0.2, -0.15) is 0 Å². The molecule has 0 bridgehead atoms. The van der Waals surface area contributed by atoms with Gasteiger partial charge in [0.2, 0.25) is 0 Å². The van der Waals surface area contributed by atoms with E-state index in [1.165, 1.54) is 32.2 Å². The van der Waals surface area contributed by atoms with Crippen LogP contribution in [0.3, 0.4) is 0 Å². The van der Waals surface area contributed by atoms with Crippen LogP contribution in [0.2, 0.25) is 10.0 Å². The van der Waals surface area contributed by atoms with Gasteiger partial charge >= 0.3 is 0 Å². The average molecular weight is 332 g/mol. The molecule has 0 saturated heterocycles. The second-order valence-corrected chi connectivity index (χ2v) is 5.42. The minimum absolute atomic E-state index is 0.150. The van der Waals surface area contributed by atoms with Crippen LogP contribution < -0.4 is 10.5 Å². The summed E-state index contributed by atoms with van der Waals surface area (Å²) in [6.07, 6.45) is 0. The summed E-state index contributed by atoms with van der Waals surface area (Å²) < 4.78 is 32.3. The number of nitrogens with two attached hydrogens (primary N) is 1. The second-order valence-electron chi connectivity index (χ2n) is 4.61. The van der Waals surface area contributed by atoms with E-state index in [9.17, 15) is 8.78 Å². The van der Waals surface area contributed by atoms with Crippen molar-refractivity contribution < 1.29 is 13.5 Å². The smallest absolute Gasteiger partial charge is 0.138 e. The van der Waals surface area contributed by atoms with E-state index in [-0.39, 0.29) is 5.56 Å². The van der Waals surface area contributed by atoms with E-state index in [4.69, 9.17) is 33.7 Å². The van der Waals surface area contributed by atoms with Gasteiger partial charge in [0.05, 0.1) is 18.2 Å². The van der Waals surface area contributed by atoms with Crippen LogP contribution in [0.15, 0.2) is 24.3 Å². The summed E-state index contributed by atoms with van der Waals surface area (Å²) in [5.41, 5.74) is 6.94. The third-order valence-corrected chi connectivity index (χ3v) is 3.84. The van der Waals surface area contributed by atoms with Gasteiger partial charge < -0.3 is 10.5 Å². The van der Waals surface area contributed by atoms with E-state index in [1.54, 1.807) is 0 Å². The molecule has 2 nitrogen and oxygen atoms in total. The molecule has 0 aliphatic rings. The standard InChI is InChI=1S/C15H13Cl2F2NO/c1-7-3-9(13(19)6-12(7)18)15(20)8-4-11(17)14(21-2)5-10(8)16/h3-6,15H,20H2,1-2H3. The predicted molar refractivity (Wildman–Crippen MR) is 80.1 cm³/mol. The highest BCUT2D eigenvalue weighted by Crippen LogP contribution is 2.36. The van der Waals surface area contributed by atoms with Gasteiger partial charge in [0, 0.05) is 22.7 Å². The van der Waals surface area contributed by atoms with Gasteiger partial charge in [-0.25, -0.2) is 8.78 Å². The zero-order chi connectivity index (χ0) is 15.7. The molecule has 0 spiro atoms. The first-order valence-electron chi connectivity index (χ1n) is 6.09. The van der Waals surface area contributed by atoms with E-state index < -0.39 is 17.7 Å². The summed E-state index contributed by atoms with van der Waals surface area (Å²) in [7, 11) is 1.46. The van der Waals surface area contributed by atoms with E-state index >= 15 is 0 Å². The highest BCUT2D eigenvalue weighted by Gasteiger charge is 2.20. The lowest BCUT2D eigenvalue weighted by Crippen LogP contribution is -2.15. The molecule has 0 fully saturated rings. The summed E-state index contributed by atoms with van der Waals surface area (Å²) in [6.45, 7) is 1.54. The van der Waals surface area contributed by atoms with Crippen LogP contribution in [0.5, 0.6) is 5.75 Å². The predicted octanol–water partition coefficient (Wildman–Crippen LogP) is 4.64. The number of aryl methyl sites for hydroxylation is 1. The molecule has 112 valence electrons. The number of hydrogen-bond donors (Lipinski definition) is 1. The SMILES string of the molecule is COc1cc(Cl)c(C(N)c2cc(C)c(F)cc2F)cc1Cl. The molecule has 0 aliphatic heterocycles. The van der Waals surface area contributed by atoms with Crippen molar-refractivity contribution in [1.82, 2.24) is 0 Å². The van der Waals surface area contributed by atoms with Crippen LogP contribution in [-0.4, -0.2) is 7.11 Å². The van der Waals surface area contributed by atoms with Crippen LogP contribution in [-0.2, 0) is 0 Å². The Morgan fingerprint density at radius 1 is 1.00 bits per heavy atom. The van der Waals surface area contributed by atoms with Crippen molar-refractivity contribution >= 4 is 23.2 Å². The Bertz CT molecular complexity index is 692. The van der Waals surface area contributed by atoms with Crippen molar-refractivity contribution in [2.75, 3.05) is 7.11 Å². The molecule has 2 aromatic rings. The van der Waals surface area contributed by atoms with Crippen LogP contribution in [0.4, 0.5) is 8.78 Å². The minimum atomic E-state index is -0.861. The summed E-state index contributed by atoms with van der Waals surface area (Å²) in [5, 5.41) is 0.608. The third-order valence-electron chi connectivity index (χ3n) is 3.22. The molecule has 2 rings (SSSR count). The lowest BCUT2D eigenvalue weighted by Gasteiger charge is -2.17. The zero-order valence-corrected chi connectivity index (χ0v) is 12.9. The molecule has 2 N–H and O–H groups in total. The zero-order valence-electron chi connectivity index (χ0n) is 11.4. The molecule has 0 saturated carbocycles. The molecule has 6 heteroatoms. The molecule has 0 aliphatic carbocycles. The number of methoxy groups -OCH3 is 1. The molecule has 0 radical (unpaired) electrons. The van der Waals surface area contributed by atoms with E-state index in [0.717, 1.165) is 6.07 Å². The number of ether oxygens (including phenoxy) is 1. The summed E-state index contributed by atoms with van der Waals surface area (Å²) in [6, 6.07) is 4.34. The van der Waals surface area contributed by atoms with Crippen molar-refractivity contribution in [3.63, 3.8) is 0 Å². The lowest BCUT2D eigenvalue weighted by molar-refractivity contribution is 0.415. The molecule has 0 aromatic heterocycles. The van der Waals surface area contributed by atoms with Crippen molar-refractivity contribution in [3.8, 4) is 5.75 Å². The van der Waals surface area contributed by atoms with E-state index in [1.807, 2.05) is 0 Å². The van der Waals surface area contributed by atoms with Gasteiger partial charge in [-0.15, -0.1) is 0 Å². The quantitative estimate of drug-likeness (QED) is 0.889. The number of halogens is 4.